The normalized spacial score (nSPS) is 10.5. The summed E-state index contributed by atoms with van der Waals surface area (Å²) in [7, 11) is 0. The van der Waals surface area contributed by atoms with Crippen LogP contribution in [0.4, 0.5) is 5.69 Å². The molecule has 1 heterocycles. The summed E-state index contributed by atoms with van der Waals surface area (Å²) in [6, 6.07) is 3.66. The maximum atomic E-state index is 12.1. The molecule has 2 aromatic rings. The third-order valence-electron chi connectivity index (χ3n) is 3.18. The molecule has 1 aromatic carbocycles. The average Bonchev–Trinajstić information content (AvgIpc) is 2.92. The minimum atomic E-state index is -0.0900. The molecular weight excluding hydrogens is 254 g/mol. The third-order valence-corrected chi connectivity index (χ3v) is 3.18. The predicted octanol–water partition coefficient (Wildman–Crippen LogP) is 1.30. The number of nitrogens with zero attached hydrogens (tertiary/aromatic N) is 3. The van der Waals surface area contributed by atoms with Gasteiger partial charge in [-0.25, -0.2) is 0 Å². The van der Waals surface area contributed by atoms with Crippen LogP contribution in [-0.2, 0) is 6.54 Å². The third kappa shape index (κ3) is 3.34. The lowest BCUT2D eigenvalue weighted by Gasteiger charge is -2.10. The number of amides is 1. The standard InChI is InChI=1S/C14H19N5O/c1-10-8-11(2)13(15)9-12(10)14(20)16-4-3-6-19-7-5-17-18-19/h5,7-9H,3-4,6,15H2,1-2H3,(H,16,20). The summed E-state index contributed by atoms with van der Waals surface area (Å²) >= 11 is 0. The lowest BCUT2D eigenvalue weighted by Crippen LogP contribution is -2.26. The van der Waals surface area contributed by atoms with Crippen molar-refractivity contribution >= 4 is 11.6 Å². The monoisotopic (exact) mass is 273 g/mol. The highest BCUT2D eigenvalue weighted by Crippen LogP contribution is 2.17. The lowest BCUT2D eigenvalue weighted by atomic mass is 10.0. The first-order valence-electron chi connectivity index (χ1n) is 6.57. The molecule has 1 aromatic heterocycles. The molecule has 0 fully saturated rings. The largest absolute Gasteiger partial charge is 0.398 e. The Kier molecular flexibility index (Phi) is 4.34. The van der Waals surface area contributed by atoms with Crippen molar-refractivity contribution in [2.45, 2.75) is 26.8 Å². The van der Waals surface area contributed by atoms with E-state index in [4.69, 9.17) is 5.73 Å². The summed E-state index contributed by atoms with van der Waals surface area (Å²) in [5.74, 6) is -0.0900. The Bertz CT molecular complexity index is 592. The molecule has 20 heavy (non-hydrogen) atoms. The van der Waals surface area contributed by atoms with E-state index in [2.05, 4.69) is 15.6 Å². The van der Waals surface area contributed by atoms with Crippen LogP contribution in [0, 0.1) is 13.8 Å². The van der Waals surface area contributed by atoms with E-state index >= 15 is 0 Å². The van der Waals surface area contributed by atoms with Crippen LogP contribution >= 0.6 is 0 Å². The molecule has 0 spiro atoms. The molecule has 1 amide bonds. The summed E-state index contributed by atoms with van der Waals surface area (Å²) in [5.41, 5.74) is 9.05. The van der Waals surface area contributed by atoms with Crippen molar-refractivity contribution in [3.8, 4) is 0 Å². The minimum absolute atomic E-state index is 0.0900. The predicted molar refractivity (Wildman–Crippen MR) is 77.3 cm³/mol. The average molecular weight is 273 g/mol. The zero-order chi connectivity index (χ0) is 14.5. The maximum absolute atomic E-state index is 12.1. The van der Waals surface area contributed by atoms with E-state index in [1.54, 1.807) is 23.1 Å². The summed E-state index contributed by atoms with van der Waals surface area (Å²) < 4.78 is 1.74. The Morgan fingerprint density at radius 3 is 2.85 bits per heavy atom. The highest BCUT2D eigenvalue weighted by atomic mass is 16.1. The number of hydrogen-bond donors (Lipinski definition) is 2. The Morgan fingerprint density at radius 1 is 1.35 bits per heavy atom. The van der Waals surface area contributed by atoms with Crippen molar-refractivity contribution < 1.29 is 4.79 Å². The van der Waals surface area contributed by atoms with Crippen molar-refractivity contribution in [3.05, 3.63) is 41.2 Å². The van der Waals surface area contributed by atoms with Crippen molar-refractivity contribution in [1.82, 2.24) is 20.3 Å². The number of aryl methyl sites for hydroxylation is 3. The molecule has 0 bridgehead atoms. The number of rotatable bonds is 5. The van der Waals surface area contributed by atoms with Crippen LogP contribution in [0.15, 0.2) is 24.5 Å². The van der Waals surface area contributed by atoms with Crippen LogP contribution < -0.4 is 11.1 Å². The van der Waals surface area contributed by atoms with Gasteiger partial charge in [-0.05, 0) is 37.5 Å². The second-order valence-electron chi connectivity index (χ2n) is 4.80. The van der Waals surface area contributed by atoms with Gasteiger partial charge in [-0.1, -0.05) is 11.3 Å². The topological polar surface area (TPSA) is 85.8 Å². The van der Waals surface area contributed by atoms with Crippen molar-refractivity contribution in [1.29, 1.82) is 0 Å². The number of nitrogens with two attached hydrogens (primary N) is 1. The second-order valence-corrected chi connectivity index (χ2v) is 4.80. The van der Waals surface area contributed by atoms with Gasteiger partial charge in [0, 0.05) is 30.5 Å². The molecule has 0 saturated carbocycles. The van der Waals surface area contributed by atoms with E-state index in [0.29, 0.717) is 17.8 Å². The fourth-order valence-corrected chi connectivity index (χ4v) is 2.00. The Labute approximate surface area is 118 Å². The van der Waals surface area contributed by atoms with E-state index in [0.717, 1.165) is 24.1 Å². The number of nitrogens with one attached hydrogen (secondary N) is 1. The molecule has 0 unspecified atom stereocenters. The van der Waals surface area contributed by atoms with Gasteiger partial charge in [-0.2, -0.15) is 0 Å². The Balaban J connectivity index is 1.87. The molecule has 0 saturated heterocycles. The van der Waals surface area contributed by atoms with Crippen molar-refractivity contribution in [2.24, 2.45) is 0 Å². The van der Waals surface area contributed by atoms with Crippen LogP contribution in [0.3, 0.4) is 0 Å². The Hall–Kier alpha value is -2.37. The molecule has 6 nitrogen and oxygen atoms in total. The highest BCUT2D eigenvalue weighted by Gasteiger charge is 2.10. The molecule has 106 valence electrons. The highest BCUT2D eigenvalue weighted by molar-refractivity contribution is 5.96. The van der Waals surface area contributed by atoms with Crippen molar-refractivity contribution in [3.63, 3.8) is 0 Å². The first-order valence-corrected chi connectivity index (χ1v) is 6.57. The summed E-state index contributed by atoms with van der Waals surface area (Å²) in [4.78, 5) is 12.1. The van der Waals surface area contributed by atoms with Gasteiger partial charge in [-0.15, -0.1) is 5.10 Å². The number of aromatic nitrogens is 3. The minimum Gasteiger partial charge on any atom is -0.398 e. The zero-order valence-electron chi connectivity index (χ0n) is 11.8. The van der Waals surface area contributed by atoms with Crippen LogP contribution in [0.25, 0.3) is 0 Å². The van der Waals surface area contributed by atoms with Gasteiger partial charge in [0.2, 0.25) is 0 Å². The maximum Gasteiger partial charge on any atom is 0.251 e. The summed E-state index contributed by atoms with van der Waals surface area (Å²) in [6.07, 6.45) is 4.24. The van der Waals surface area contributed by atoms with Crippen LogP contribution in [0.1, 0.15) is 27.9 Å². The van der Waals surface area contributed by atoms with Crippen molar-refractivity contribution in [2.75, 3.05) is 12.3 Å². The number of anilines is 1. The van der Waals surface area contributed by atoms with E-state index in [9.17, 15) is 4.79 Å². The first-order chi connectivity index (χ1) is 9.58. The van der Waals surface area contributed by atoms with Crippen LogP contribution in [-0.4, -0.2) is 27.4 Å². The SMILES string of the molecule is Cc1cc(C)c(C(=O)NCCCn2ccnn2)cc1N. The van der Waals surface area contributed by atoms with Gasteiger partial charge in [0.05, 0.1) is 6.20 Å². The number of carbonyl (C=O) groups is 1. The van der Waals surface area contributed by atoms with E-state index in [-0.39, 0.29) is 5.91 Å². The van der Waals surface area contributed by atoms with Crippen LogP contribution in [0.5, 0.6) is 0 Å². The zero-order valence-corrected chi connectivity index (χ0v) is 11.8. The number of benzene rings is 1. The van der Waals surface area contributed by atoms with E-state index < -0.39 is 0 Å². The van der Waals surface area contributed by atoms with Gasteiger partial charge < -0.3 is 11.1 Å². The lowest BCUT2D eigenvalue weighted by molar-refractivity contribution is 0.0952. The quantitative estimate of drug-likeness (QED) is 0.635. The van der Waals surface area contributed by atoms with Gasteiger partial charge in [0.15, 0.2) is 0 Å². The number of nitrogen functional groups attached to an aromatic ring is 1. The molecule has 0 aliphatic carbocycles. The van der Waals surface area contributed by atoms with Gasteiger partial charge in [-0.3, -0.25) is 9.48 Å². The summed E-state index contributed by atoms with van der Waals surface area (Å²) in [5, 5.41) is 10.5. The fraction of sp³-hybridized carbons (Fsp3) is 0.357. The summed E-state index contributed by atoms with van der Waals surface area (Å²) in [6.45, 7) is 5.17. The molecule has 0 radical (unpaired) electrons. The molecule has 6 heteroatoms. The van der Waals surface area contributed by atoms with Gasteiger partial charge in [0.25, 0.3) is 5.91 Å². The molecule has 0 atom stereocenters. The first kappa shape index (κ1) is 14.0. The number of carbonyl (C=O) groups excluding carboxylic acids is 1. The van der Waals surface area contributed by atoms with E-state index in [1.807, 2.05) is 19.9 Å². The van der Waals surface area contributed by atoms with E-state index in [1.165, 1.54) is 0 Å². The fourth-order valence-electron chi connectivity index (χ4n) is 2.00. The molecular formula is C14H19N5O. The Morgan fingerprint density at radius 2 is 2.15 bits per heavy atom. The van der Waals surface area contributed by atoms with Crippen LogP contribution in [0.2, 0.25) is 0 Å². The van der Waals surface area contributed by atoms with Gasteiger partial charge in [0.1, 0.15) is 0 Å². The smallest absolute Gasteiger partial charge is 0.251 e. The molecule has 0 aliphatic rings. The van der Waals surface area contributed by atoms with Gasteiger partial charge >= 0.3 is 0 Å². The molecule has 0 aliphatic heterocycles. The molecule has 3 N–H and O–H groups in total. The second kappa shape index (κ2) is 6.18. The number of hydrogen-bond acceptors (Lipinski definition) is 4. The molecule has 2 rings (SSSR count).